The highest BCUT2D eigenvalue weighted by atomic mass is 16.4. The summed E-state index contributed by atoms with van der Waals surface area (Å²) in [4.78, 5) is 33.3. The van der Waals surface area contributed by atoms with Crippen LogP contribution in [0.2, 0.25) is 0 Å². The minimum atomic E-state index is -1.13. The predicted octanol–water partition coefficient (Wildman–Crippen LogP) is -0.685. The monoisotopic (exact) mass is 273 g/mol. The topological polar surface area (TPSA) is 122 Å². The predicted molar refractivity (Wildman–Crippen MR) is 70.3 cm³/mol. The summed E-state index contributed by atoms with van der Waals surface area (Å²) in [6.07, 6.45) is 0.617. The zero-order chi connectivity index (χ0) is 15.1. The molecule has 7 heteroatoms. The van der Waals surface area contributed by atoms with Crippen molar-refractivity contribution in [3.63, 3.8) is 0 Å². The van der Waals surface area contributed by atoms with Crippen molar-refractivity contribution >= 4 is 17.8 Å². The molecule has 5 N–H and O–H groups in total. The third-order valence-corrected chi connectivity index (χ3v) is 2.37. The van der Waals surface area contributed by atoms with Gasteiger partial charge in [0.05, 0.1) is 12.5 Å². The van der Waals surface area contributed by atoms with E-state index in [1.54, 1.807) is 0 Å². The van der Waals surface area contributed by atoms with E-state index in [1.165, 1.54) is 0 Å². The molecule has 0 saturated heterocycles. The fourth-order valence-electron chi connectivity index (χ4n) is 1.57. The minimum Gasteiger partial charge on any atom is -0.480 e. The highest BCUT2D eigenvalue weighted by molar-refractivity contribution is 5.87. The second-order valence-corrected chi connectivity index (χ2v) is 5.59. The third kappa shape index (κ3) is 9.01. The van der Waals surface area contributed by atoms with Crippen LogP contribution in [0, 0.1) is 11.3 Å². The van der Waals surface area contributed by atoms with Crippen LogP contribution < -0.4 is 16.4 Å². The number of carboxylic acids is 1. The molecule has 0 radical (unpaired) electrons. The summed E-state index contributed by atoms with van der Waals surface area (Å²) in [7, 11) is 0. The number of nitrogens with one attached hydrogen (secondary N) is 2. The summed E-state index contributed by atoms with van der Waals surface area (Å²) in [6.45, 7) is 5.51. The van der Waals surface area contributed by atoms with Gasteiger partial charge in [-0.15, -0.1) is 0 Å². The lowest BCUT2D eigenvalue weighted by molar-refractivity contribution is -0.137. The lowest BCUT2D eigenvalue weighted by Gasteiger charge is -2.24. The molecule has 2 amide bonds. The van der Waals surface area contributed by atoms with E-state index in [-0.39, 0.29) is 30.3 Å². The molecule has 0 fully saturated rings. The van der Waals surface area contributed by atoms with Crippen LogP contribution in [0.3, 0.4) is 0 Å². The summed E-state index contributed by atoms with van der Waals surface area (Å²) in [5.74, 6) is -2.32. The van der Waals surface area contributed by atoms with E-state index in [0.717, 1.165) is 0 Å². The SMILES string of the molecule is CC(C)(C)CC(CN)C(=O)NCC(=O)NCC(=O)O. The number of rotatable bonds is 7. The number of nitrogens with two attached hydrogens (primary N) is 1. The number of carboxylic acid groups (broad SMARTS) is 1. The number of hydrogen-bond acceptors (Lipinski definition) is 4. The average Bonchev–Trinajstić information content (AvgIpc) is 2.29. The van der Waals surface area contributed by atoms with Gasteiger partial charge in [0, 0.05) is 6.54 Å². The van der Waals surface area contributed by atoms with Crippen molar-refractivity contribution in [3.05, 3.63) is 0 Å². The van der Waals surface area contributed by atoms with Crippen LogP contribution in [-0.2, 0) is 14.4 Å². The van der Waals surface area contributed by atoms with Gasteiger partial charge in [0.25, 0.3) is 0 Å². The summed E-state index contributed by atoms with van der Waals surface area (Å²) in [6, 6.07) is 0. The van der Waals surface area contributed by atoms with Gasteiger partial charge >= 0.3 is 5.97 Å². The molecule has 0 spiro atoms. The summed E-state index contributed by atoms with van der Waals surface area (Å²) >= 11 is 0. The van der Waals surface area contributed by atoms with Crippen LogP contribution in [0.5, 0.6) is 0 Å². The number of aliphatic carboxylic acids is 1. The Hall–Kier alpha value is -1.63. The van der Waals surface area contributed by atoms with E-state index in [9.17, 15) is 14.4 Å². The van der Waals surface area contributed by atoms with Crippen LogP contribution in [0.15, 0.2) is 0 Å². The highest BCUT2D eigenvalue weighted by Crippen LogP contribution is 2.23. The Morgan fingerprint density at radius 1 is 1.16 bits per heavy atom. The van der Waals surface area contributed by atoms with Gasteiger partial charge in [-0.05, 0) is 11.8 Å². The Morgan fingerprint density at radius 2 is 1.74 bits per heavy atom. The molecule has 1 atom stereocenters. The molecule has 7 nitrogen and oxygen atoms in total. The van der Waals surface area contributed by atoms with Gasteiger partial charge in [0.2, 0.25) is 11.8 Å². The van der Waals surface area contributed by atoms with Gasteiger partial charge in [-0.2, -0.15) is 0 Å². The second kappa shape index (κ2) is 7.73. The fraction of sp³-hybridized carbons (Fsp3) is 0.750. The van der Waals surface area contributed by atoms with Gasteiger partial charge in [0.15, 0.2) is 0 Å². The number of amides is 2. The number of carbonyl (C=O) groups is 3. The molecule has 19 heavy (non-hydrogen) atoms. The number of carbonyl (C=O) groups excluding carboxylic acids is 2. The van der Waals surface area contributed by atoms with Crippen LogP contribution >= 0.6 is 0 Å². The molecule has 0 rings (SSSR count). The van der Waals surface area contributed by atoms with Crippen molar-refractivity contribution in [3.8, 4) is 0 Å². The first-order valence-corrected chi connectivity index (χ1v) is 6.12. The molecule has 0 bridgehead atoms. The zero-order valence-corrected chi connectivity index (χ0v) is 11.7. The van der Waals surface area contributed by atoms with E-state index < -0.39 is 18.4 Å². The van der Waals surface area contributed by atoms with Gasteiger partial charge < -0.3 is 21.5 Å². The van der Waals surface area contributed by atoms with Crippen molar-refractivity contribution in [2.24, 2.45) is 17.1 Å². The summed E-state index contributed by atoms with van der Waals surface area (Å²) in [5, 5.41) is 13.0. The maximum atomic E-state index is 11.8. The Bertz CT molecular complexity index is 336. The van der Waals surface area contributed by atoms with Crippen LogP contribution in [0.1, 0.15) is 27.2 Å². The first-order chi connectivity index (χ1) is 8.65. The average molecular weight is 273 g/mol. The van der Waals surface area contributed by atoms with Gasteiger partial charge in [-0.25, -0.2) is 0 Å². The molecule has 1 unspecified atom stereocenters. The zero-order valence-electron chi connectivity index (χ0n) is 11.7. The van der Waals surface area contributed by atoms with Crippen molar-refractivity contribution in [1.29, 1.82) is 0 Å². The first-order valence-electron chi connectivity index (χ1n) is 6.12. The Kier molecular flexibility index (Phi) is 7.06. The standard InChI is InChI=1S/C12H23N3O4/c1-12(2,3)4-8(5-13)11(19)15-6-9(16)14-7-10(17)18/h8H,4-7,13H2,1-3H3,(H,14,16)(H,15,19)(H,17,18). The molecule has 0 aromatic heterocycles. The van der Waals surface area contributed by atoms with E-state index in [4.69, 9.17) is 10.8 Å². The van der Waals surface area contributed by atoms with Gasteiger partial charge in [-0.1, -0.05) is 20.8 Å². The molecule has 0 aliphatic carbocycles. The minimum absolute atomic E-state index is 0.0348. The van der Waals surface area contributed by atoms with Crippen molar-refractivity contribution in [2.45, 2.75) is 27.2 Å². The maximum absolute atomic E-state index is 11.8. The van der Waals surface area contributed by atoms with Crippen molar-refractivity contribution in [1.82, 2.24) is 10.6 Å². The van der Waals surface area contributed by atoms with E-state index in [2.05, 4.69) is 10.6 Å². The number of hydrogen-bond donors (Lipinski definition) is 4. The van der Waals surface area contributed by atoms with E-state index >= 15 is 0 Å². The molecule has 0 aromatic carbocycles. The van der Waals surface area contributed by atoms with Gasteiger partial charge in [0.1, 0.15) is 6.54 Å². The van der Waals surface area contributed by atoms with E-state index in [0.29, 0.717) is 6.42 Å². The molecule has 110 valence electrons. The molecule has 0 heterocycles. The smallest absolute Gasteiger partial charge is 0.322 e. The molecule has 0 saturated carbocycles. The fourth-order valence-corrected chi connectivity index (χ4v) is 1.57. The second-order valence-electron chi connectivity index (χ2n) is 5.59. The van der Waals surface area contributed by atoms with Crippen LogP contribution in [0.25, 0.3) is 0 Å². The maximum Gasteiger partial charge on any atom is 0.322 e. The molecular formula is C12H23N3O4. The normalized spacial score (nSPS) is 12.6. The van der Waals surface area contributed by atoms with Crippen molar-refractivity contribution < 1.29 is 19.5 Å². The Labute approximate surface area is 112 Å². The van der Waals surface area contributed by atoms with Crippen molar-refractivity contribution in [2.75, 3.05) is 19.6 Å². The summed E-state index contributed by atoms with van der Waals surface area (Å²) in [5.41, 5.74) is 5.51. The Morgan fingerprint density at radius 3 is 2.16 bits per heavy atom. The first kappa shape index (κ1) is 17.4. The lowest BCUT2D eigenvalue weighted by atomic mass is 9.84. The highest BCUT2D eigenvalue weighted by Gasteiger charge is 2.23. The van der Waals surface area contributed by atoms with Crippen LogP contribution in [-0.4, -0.2) is 42.5 Å². The lowest BCUT2D eigenvalue weighted by Crippen LogP contribution is -2.43. The van der Waals surface area contributed by atoms with Crippen LogP contribution in [0.4, 0.5) is 0 Å². The van der Waals surface area contributed by atoms with E-state index in [1.807, 2.05) is 20.8 Å². The molecular weight excluding hydrogens is 250 g/mol. The Balaban J connectivity index is 4.13. The molecule has 0 aliphatic heterocycles. The third-order valence-electron chi connectivity index (χ3n) is 2.37. The van der Waals surface area contributed by atoms with Gasteiger partial charge in [-0.3, -0.25) is 14.4 Å². The molecule has 0 aliphatic rings. The quantitative estimate of drug-likeness (QED) is 0.489. The molecule has 0 aromatic rings. The largest absolute Gasteiger partial charge is 0.480 e. The summed E-state index contributed by atoms with van der Waals surface area (Å²) < 4.78 is 0.